The highest BCUT2D eigenvalue weighted by atomic mass is 16.6. The molecule has 0 saturated heterocycles. The van der Waals surface area contributed by atoms with E-state index in [-0.39, 0.29) is 16.0 Å². The lowest BCUT2D eigenvalue weighted by Gasteiger charge is -2.28. The van der Waals surface area contributed by atoms with Gasteiger partial charge in [0.2, 0.25) is 0 Å². The fourth-order valence-electron chi connectivity index (χ4n) is 4.72. The molecule has 0 radical (unpaired) electrons. The highest BCUT2D eigenvalue weighted by Crippen LogP contribution is 2.52. The number of nitrogens with one attached hydrogen (secondary N) is 1. The van der Waals surface area contributed by atoms with Gasteiger partial charge in [-0.05, 0) is 64.8 Å². The number of hydrogen-bond acceptors (Lipinski definition) is 3. The third-order valence-electron chi connectivity index (χ3n) is 6.68. The maximum Gasteiger partial charge on any atom is 0.269 e. The van der Waals surface area contributed by atoms with E-state index in [2.05, 4.69) is 45.2 Å². The minimum Gasteiger partial charge on any atom is -0.304 e. The van der Waals surface area contributed by atoms with Crippen molar-refractivity contribution in [3.05, 3.63) is 117 Å². The average Bonchev–Trinajstić information content (AvgIpc) is 2.97. The van der Waals surface area contributed by atoms with Gasteiger partial charge in [0.15, 0.2) is 0 Å². The quantitative estimate of drug-likeness (QED) is 0.212. The number of hydrogen-bond donors (Lipinski definition) is 1. The average molecular weight is 457 g/mol. The van der Waals surface area contributed by atoms with E-state index in [1.54, 1.807) is 12.1 Å². The smallest absolute Gasteiger partial charge is 0.269 e. The maximum absolute atomic E-state index is 11.3. The third kappa shape index (κ3) is 5.01. The van der Waals surface area contributed by atoms with E-state index in [4.69, 9.17) is 5.41 Å². The van der Waals surface area contributed by atoms with Crippen LogP contribution in [0.25, 0.3) is 5.57 Å². The molecule has 1 N–H and O–H groups in total. The zero-order valence-corrected chi connectivity index (χ0v) is 21.1. The Bertz CT molecular complexity index is 1170. The molecule has 0 amide bonds. The summed E-state index contributed by atoms with van der Waals surface area (Å²) in [6, 6.07) is 13.3. The molecule has 4 nitrogen and oxygen atoms in total. The number of nitrogens with zero attached hydrogens (tertiary/aromatic N) is 1. The summed E-state index contributed by atoms with van der Waals surface area (Å²) in [5.74, 6) is 0. The van der Waals surface area contributed by atoms with Gasteiger partial charge in [0.25, 0.3) is 5.69 Å². The predicted molar refractivity (Wildman–Crippen MR) is 145 cm³/mol. The Balaban J connectivity index is 0.000000970. The number of rotatable bonds is 5. The summed E-state index contributed by atoms with van der Waals surface area (Å²) in [6.45, 7) is 16.4. The normalized spacial score (nSPS) is 17.7. The largest absolute Gasteiger partial charge is 0.304 e. The number of nitro benzene ring substituents is 1. The van der Waals surface area contributed by atoms with E-state index in [9.17, 15) is 10.1 Å². The number of non-ortho nitro benzene ring substituents is 1. The summed E-state index contributed by atoms with van der Waals surface area (Å²) >= 11 is 0. The molecule has 2 aromatic carbocycles. The summed E-state index contributed by atoms with van der Waals surface area (Å²) in [5, 5.41) is 19.9. The third-order valence-corrected chi connectivity index (χ3v) is 6.68. The van der Waals surface area contributed by atoms with Crippen LogP contribution in [0.3, 0.4) is 0 Å². The molecule has 0 heterocycles. The summed E-state index contributed by atoms with van der Waals surface area (Å²) in [4.78, 5) is 11.0. The number of allylic oxidation sites excluding steroid dienone is 6. The SMILES string of the molecule is C=C.CC.CCC1(C)C2=C(C=CC(CC(=N)c3ccccc3C)=CC2)c2ccc([N+](=O)[O-])cc21. The predicted octanol–water partition coefficient (Wildman–Crippen LogP) is 8.51. The highest BCUT2D eigenvalue weighted by Gasteiger charge is 2.40. The van der Waals surface area contributed by atoms with Gasteiger partial charge < -0.3 is 5.41 Å². The zero-order valence-electron chi connectivity index (χ0n) is 21.1. The molecule has 2 aliphatic carbocycles. The van der Waals surface area contributed by atoms with Crippen molar-refractivity contribution in [1.82, 2.24) is 0 Å². The fraction of sp³-hybridized carbons (Fsp3) is 0.300. The minimum absolute atomic E-state index is 0.151. The van der Waals surface area contributed by atoms with Gasteiger partial charge in [0.05, 0.1) is 4.92 Å². The molecule has 178 valence electrons. The van der Waals surface area contributed by atoms with Gasteiger partial charge in [-0.2, -0.15) is 0 Å². The van der Waals surface area contributed by atoms with Crippen molar-refractivity contribution in [2.45, 2.75) is 59.3 Å². The molecular weight excluding hydrogens is 420 g/mol. The molecule has 0 aliphatic heterocycles. The molecular formula is C30H36N2O2. The van der Waals surface area contributed by atoms with Gasteiger partial charge in [-0.1, -0.05) is 70.2 Å². The first kappa shape index (κ1) is 26.7. The molecule has 0 saturated carbocycles. The van der Waals surface area contributed by atoms with Crippen LogP contribution in [0.5, 0.6) is 0 Å². The van der Waals surface area contributed by atoms with Crippen molar-refractivity contribution in [1.29, 1.82) is 5.41 Å². The first-order valence-corrected chi connectivity index (χ1v) is 11.9. The molecule has 2 aromatic rings. The van der Waals surface area contributed by atoms with Crippen LogP contribution in [-0.2, 0) is 5.41 Å². The van der Waals surface area contributed by atoms with Crippen molar-refractivity contribution in [3.8, 4) is 0 Å². The van der Waals surface area contributed by atoms with Crippen molar-refractivity contribution in [3.63, 3.8) is 0 Å². The molecule has 4 rings (SSSR count). The Morgan fingerprint density at radius 3 is 2.44 bits per heavy atom. The van der Waals surface area contributed by atoms with E-state index in [1.165, 1.54) is 11.1 Å². The molecule has 1 atom stereocenters. The molecule has 0 aromatic heterocycles. The van der Waals surface area contributed by atoms with Gasteiger partial charge >= 0.3 is 0 Å². The Morgan fingerprint density at radius 2 is 1.82 bits per heavy atom. The molecule has 0 bridgehead atoms. The Hall–Kier alpha value is -3.53. The van der Waals surface area contributed by atoms with Crippen LogP contribution in [0, 0.1) is 22.4 Å². The van der Waals surface area contributed by atoms with Crippen LogP contribution >= 0.6 is 0 Å². The Kier molecular flexibility index (Phi) is 9.08. The topological polar surface area (TPSA) is 67.0 Å². The van der Waals surface area contributed by atoms with Gasteiger partial charge in [-0.3, -0.25) is 10.1 Å². The van der Waals surface area contributed by atoms with Crippen LogP contribution in [0.1, 0.15) is 69.2 Å². The van der Waals surface area contributed by atoms with Crippen molar-refractivity contribution >= 4 is 17.0 Å². The zero-order chi connectivity index (χ0) is 25.5. The standard InChI is InChI=1S/C26H26N2O2.C2H6.C2H4/c1-4-26(3)23-14-10-18(15-25(27)20-8-6-5-7-17(20)2)9-12-21(23)22-13-11-19(28(29)30)16-24(22)26;2*1-2/h5-13,16,27H,4,14-15H2,1-3H3;1-2H3;1-2H2. The van der Waals surface area contributed by atoms with Crippen LogP contribution in [0.15, 0.2) is 85.0 Å². The van der Waals surface area contributed by atoms with E-state index >= 15 is 0 Å². The van der Waals surface area contributed by atoms with E-state index in [1.807, 2.05) is 51.1 Å². The molecule has 4 heteroatoms. The van der Waals surface area contributed by atoms with Gasteiger partial charge in [-0.15, -0.1) is 13.2 Å². The number of aryl methyl sites for hydroxylation is 1. The highest BCUT2D eigenvalue weighted by molar-refractivity contribution is 6.01. The van der Waals surface area contributed by atoms with Crippen LogP contribution in [0.2, 0.25) is 0 Å². The van der Waals surface area contributed by atoms with E-state index in [0.717, 1.165) is 40.7 Å². The van der Waals surface area contributed by atoms with Gasteiger partial charge in [-0.25, -0.2) is 0 Å². The molecule has 34 heavy (non-hydrogen) atoms. The number of nitro groups is 1. The van der Waals surface area contributed by atoms with Gasteiger partial charge in [0, 0.05) is 29.7 Å². The first-order valence-electron chi connectivity index (χ1n) is 11.9. The molecule has 0 spiro atoms. The second kappa shape index (κ2) is 11.6. The van der Waals surface area contributed by atoms with Crippen LogP contribution in [-0.4, -0.2) is 10.6 Å². The lowest BCUT2D eigenvalue weighted by molar-refractivity contribution is -0.385. The first-order chi connectivity index (χ1) is 16.3. The summed E-state index contributed by atoms with van der Waals surface area (Å²) in [6.07, 6.45) is 8.76. The molecule has 0 fully saturated rings. The summed E-state index contributed by atoms with van der Waals surface area (Å²) < 4.78 is 0. The van der Waals surface area contributed by atoms with Crippen molar-refractivity contribution in [2.24, 2.45) is 0 Å². The van der Waals surface area contributed by atoms with Crippen molar-refractivity contribution in [2.75, 3.05) is 0 Å². The monoisotopic (exact) mass is 456 g/mol. The Labute approximate surface area is 204 Å². The maximum atomic E-state index is 11.3. The van der Waals surface area contributed by atoms with Gasteiger partial charge in [0.1, 0.15) is 0 Å². The second-order valence-electron chi connectivity index (χ2n) is 8.35. The second-order valence-corrected chi connectivity index (χ2v) is 8.35. The Morgan fingerprint density at radius 1 is 1.15 bits per heavy atom. The van der Waals surface area contributed by atoms with Crippen LogP contribution in [0.4, 0.5) is 5.69 Å². The molecule has 1 unspecified atom stereocenters. The number of fused-ring (bicyclic) bond motifs is 2. The fourth-order valence-corrected chi connectivity index (χ4v) is 4.72. The lowest BCUT2D eigenvalue weighted by Crippen LogP contribution is -2.21. The molecule has 2 aliphatic rings. The van der Waals surface area contributed by atoms with Crippen molar-refractivity contribution < 1.29 is 4.92 Å². The number of benzene rings is 2. The minimum atomic E-state index is -0.315. The summed E-state index contributed by atoms with van der Waals surface area (Å²) in [5.41, 5.74) is 8.46. The van der Waals surface area contributed by atoms with Crippen LogP contribution < -0.4 is 0 Å². The van der Waals surface area contributed by atoms with E-state index in [0.29, 0.717) is 12.1 Å². The van der Waals surface area contributed by atoms with E-state index < -0.39 is 0 Å². The lowest BCUT2D eigenvalue weighted by atomic mass is 9.75. The summed E-state index contributed by atoms with van der Waals surface area (Å²) in [7, 11) is 0.